The first-order valence-electron chi connectivity index (χ1n) is 5.64. The van der Waals surface area contributed by atoms with Gasteiger partial charge in [-0.1, -0.05) is 12.1 Å². The van der Waals surface area contributed by atoms with E-state index in [9.17, 15) is 0 Å². The maximum absolute atomic E-state index is 5.46. The van der Waals surface area contributed by atoms with Crippen molar-refractivity contribution >= 4 is 32.4 Å². The summed E-state index contributed by atoms with van der Waals surface area (Å²) in [6.45, 7) is 0.660. The van der Waals surface area contributed by atoms with Gasteiger partial charge in [0.25, 0.3) is 0 Å². The summed E-state index contributed by atoms with van der Waals surface area (Å²) in [5, 5.41) is 5.67. The molecule has 0 aliphatic rings. The Morgan fingerprint density at radius 1 is 1.17 bits per heavy atom. The van der Waals surface area contributed by atoms with Crippen molar-refractivity contribution in [3.63, 3.8) is 0 Å². The van der Waals surface area contributed by atoms with Crippen LogP contribution in [0.1, 0.15) is 5.76 Å². The number of hydrogen-bond acceptors (Lipinski definition) is 3. The summed E-state index contributed by atoms with van der Waals surface area (Å²) < 4.78 is 6.21. The molecule has 2 aromatic heterocycles. The number of halogens is 1. The highest BCUT2D eigenvalue weighted by atomic mass is 79.9. The molecule has 1 aromatic carbocycles. The molecule has 3 rings (SSSR count). The van der Waals surface area contributed by atoms with Crippen LogP contribution in [-0.4, -0.2) is 4.98 Å². The number of nitrogens with one attached hydrogen (secondary N) is 1. The van der Waals surface area contributed by atoms with E-state index in [0.29, 0.717) is 6.54 Å². The summed E-state index contributed by atoms with van der Waals surface area (Å²) in [6.07, 6.45) is 3.67. The van der Waals surface area contributed by atoms with Gasteiger partial charge in [-0.2, -0.15) is 0 Å². The van der Waals surface area contributed by atoms with Crippen molar-refractivity contribution in [1.29, 1.82) is 0 Å². The van der Waals surface area contributed by atoms with Crippen LogP contribution < -0.4 is 5.32 Å². The maximum atomic E-state index is 5.46. The molecule has 0 spiro atoms. The van der Waals surface area contributed by atoms with Crippen LogP contribution in [0.3, 0.4) is 0 Å². The Labute approximate surface area is 113 Å². The topological polar surface area (TPSA) is 38.1 Å². The molecule has 3 aromatic rings. The highest BCUT2D eigenvalue weighted by molar-refractivity contribution is 9.10. The first kappa shape index (κ1) is 11.3. The van der Waals surface area contributed by atoms with E-state index < -0.39 is 0 Å². The molecule has 0 bridgehead atoms. The maximum Gasteiger partial charge on any atom is 0.169 e. The summed E-state index contributed by atoms with van der Waals surface area (Å²) >= 11 is 3.30. The molecule has 4 heteroatoms. The van der Waals surface area contributed by atoms with Gasteiger partial charge in [0.1, 0.15) is 5.76 Å². The second-order valence-electron chi connectivity index (χ2n) is 3.96. The molecule has 2 heterocycles. The number of benzene rings is 1. The highest BCUT2D eigenvalue weighted by Crippen LogP contribution is 2.23. The Hall–Kier alpha value is -1.81. The Morgan fingerprint density at radius 3 is 2.94 bits per heavy atom. The molecule has 90 valence electrons. The van der Waals surface area contributed by atoms with Crippen molar-refractivity contribution in [2.45, 2.75) is 6.54 Å². The lowest BCUT2D eigenvalue weighted by molar-refractivity contribution is 0.495. The van der Waals surface area contributed by atoms with E-state index in [1.165, 1.54) is 0 Å². The van der Waals surface area contributed by atoms with Gasteiger partial charge in [0, 0.05) is 28.9 Å². The van der Waals surface area contributed by atoms with Crippen molar-refractivity contribution in [3.05, 3.63) is 59.2 Å². The van der Waals surface area contributed by atoms with Gasteiger partial charge in [0.15, 0.2) is 4.67 Å². The molecule has 0 aliphatic heterocycles. The molecule has 1 N–H and O–H groups in total. The van der Waals surface area contributed by atoms with Crippen LogP contribution in [0.2, 0.25) is 0 Å². The van der Waals surface area contributed by atoms with Gasteiger partial charge in [-0.25, -0.2) is 0 Å². The number of nitrogens with zero attached hydrogens (tertiary/aromatic N) is 1. The third kappa shape index (κ3) is 2.24. The van der Waals surface area contributed by atoms with Crippen molar-refractivity contribution in [1.82, 2.24) is 4.98 Å². The van der Waals surface area contributed by atoms with E-state index in [0.717, 1.165) is 26.9 Å². The molecule has 0 amide bonds. The lowest BCUT2D eigenvalue weighted by Crippen LogP contribution is -1.98. The Kier molecular flexibility index (Phi) is 3.02. The van der Waals surface area contributed by atoms with E-state index in [-0.39, 0.29) is 0 Å². The van der Waals surface area contributed by atoms with Crippen LogP contribution in [-0.2, 0) is 6.54 Å². The monoisotopic (exact) mass is 302 g/mol. The van der Waals surface area contributed by atoms with Crippen molar-refractivity contribution in [2.75, 3.05) is 5.32 Å². The Balaban J connectivity index is 1.86. The largest absolute Gasteiger partial charge is 0.452 e. The van der Waals surface area contributed by atoms with E-state index in [1.807, 2.05) is 30.5 Å². The summed E-state index contributed by atoms with van der Waals surface area (Å²) in [7, 11) is 0. The van der Waals surface area contributed by atoms with E-state index in [1.54, 1.807) is 6.20 Å². The predicted molar refractivity (Wildman–Crippen MR) is 75.5 cm³/mol. The minimum atomic E-state index is 0.660. The number of aromatic nitrogens is 1. The second-order valence-corrected chi connectivity index (χ2v) is 4.74. The summed E-state index contributed by atoms with van der Waals surface area (Å²) in [5.74, 6) is 0.896. The molecule has 18 heavy (non-hydrogen) atoms. The lowest BCUT2D eigenvalue weighted by Gasteiger charge is -2.07. The van der Waals surface area contributed by atoms with Gasteiger partial charge < -0.3 is 9.73 Å². The third-order valence-electron chi connectivity index (χ3n) is 2.76. The van der Waals surface area contributed by atoms with Gasteiger partial charge in [-0.3, -0.25) is 4.98 Å². The molecule has 0 aliphatic carbocycles. The quantitative estimate of drug-likeness (QED) is 0.788. The molecule has 0 saturated heterocycles. The molecule has 0 saturated carbocycles. The summed E-state index contributed by atoms with van der Waals surface area (Å²) in [5.41, 5.74) is 1.09. The fourth-order valence-electron chi connectivity index (χ4n) is 1.91. The minimum Gasteiger partial charge on any atom is -0.452 e. The fraction of sp³-hybridized carbons (Fsp3) is 0.0714. The van der Waals surface area contributed by atoms with Crippen molar-refractivity contribution in [2.24, 2.45) is 0 Å². The average Bonchev–Trinajstić information content (AvgIpc) is 2.82. The highest BCUT2D eigenvalue weighted by Gasteiger charge is 2.02. The van der Waals surface area contributed by atoms with Crippen LogP contribution in [0.4, 0.5) is 5.69 Å². The number of anilines is 1. The van der Waals surface area contributed by atoms with Crippen LogP contribution in [0.5, 0.6) is 0 Å². The van der Waals surface area contributed by atoms with E-state index >= 15 is 0 Å². The second kappa shape index (κ2) is 4.82. The molecule has 0 fully saturated rings. The van der Waals surface area contributed by atoms with Gasteiger partial charge >= 0.3 is 0 Å². The fourth-order valence-corrected chi connectivity index (χ4v) is 2.25. The first-order valence-corrected chi connectivity index (χ1v) is 6.43. The normalized spacial score (nSPS) is 10.7. The first-order chi connectivity index (χ1) is 8.83. The van der Waals surface area contributed by atoms with Crippen LogP contribution in [0.25, 0.3) is 10.8 Å². The van der Waals surface area contributed by atoms with Crippen molar-refractivity contribution in [3.8, 4) is 0 Å². The van der Waals surface area contributed by atoms with Crippen LogP contribution in [0, 0.1) is 0 Å². The van der Waals surface area contributed by atoms with E-state index in [2.05, 4.69) is 38.4 Å². The molecular formula is C14H11BrN2O. The van der Waals surface area contributed by atoms with E-state index in [4.69, 9.17) is 4.42 Å². The standard InChI is InChI=1S/C14H11BrN2O/c15-14-5-4-11(18-14)9-17-13-3-1-2-10-8-16-7-6-12(10)13/h1-8,17H,9H2. The Morgan fingerprint density at radius 2 is 2.11 bits per heavy atom. The molecular weight excluding hydrogens is 292 g/mol. The molecule has 3 nitrogen and oxygen atoms in total. The Bertz CT molecular complexity index is 673. The number of fused-ring (bicyclic) bond motifs is 1. The summed E-state index contributed by atoms with van der Waals surface area (Å²) in [6, 6.07) is 12.0. The lowest BCUT2D eigenvalue weighted by atomic mass is 10.1. The minimum absolute atomic E-state index is 0.660. The van der Waals surface area contributed by atoms with Gasteiger partial charge in [-0.05, 0) is 40.2 Å². The smallest absolute Gasteiger partial charge is 0.169 e. The number of pyridine rings is 1. The zero-order valence-electron chi connectivity index (χ0n) is 9.56. The predicted octanol–water partition coefficient (Wildman–Crippen LogP) is 4.20. The average molecular weight is 303 g/mol. The zero-order chi connectivity index (χ0) is 12.4. The number of furan rings is 1. The SMILES string of the molecule is Brc1ccc(CNc2cccc3cnccc23)o1. The summed E-state index contributed by atoms with van der Waals surface area (Å²) in [4.78, 5) is 4.12. The molecule has 0 radical (unpaired) electrons. The van der Waals surface area contributed by atoms with Gasteiger partial charge in [0.2, 0.25) is 0 Å². The third-order valence-corrected chi connectivity index (χ3v) is 3.19. The van der Waals surface area contributed by atoms with Gasteiger partial charge in [0.05, 0.1) is 6.54 Å². The number of hydrogen-bond donors (Lipinski definition) is 1. The van der Waals surface area contributed by atoms with Crippen LogP contribution >= 0.6 is 15.9 Å². The zero-order valence-corrected chi connectivity index (χ0v) is 11.1. The number of rotatable bonds is 3. The molecule has 0 atom stereocenters. The molecule has 0 unspecified atom stereocenters. The van der Waals surface area contributed by atoms with Crippen molar-refractivity contribution < 1.29 is 4.42 Å². The van der Waals surface area contributed by atoms with Crippen LogP contribution in [0.15, 0.2) is 57.9 Å². The van der Waals surface area contributed by atoms with Gasteiger partial charge in [-0.15, -0.1) is 0 Å².